The number of carbonyl (C=O) groups is 1. The Morgan fingerprint density at radius 1 is 1.54 bits per heavy atom. The number of hydrogen-bond acceptors (Lipinski definition) is 3. The van der Waals surface area contributed by atoms with Crippen LogP contribution in [0.25, 0.3) is 0 Å². The Bertz CT molecular complexity index is 234. The minimum Gasteiger partial charge on any atom is -0.366 e. The molecule has 2 rings (SSSR count). The monoisotopic (exact) mass is 185 g/mol. The van der Waals surface area contributed by atoms with Crippen LogP contribution in [-0.2, 0) is 9.53 Å². The summed E-state index contributed by atoms with van der Waals surface area (Å²) in [5, 5.41) is 12.3. The normalized spacial score (nSPS) is 38.1. The maximum Gasteiger partial charge on any atom is 0.226 e. The standard InChI is InChI=1S/C9H15NO3/c1-9(2,12)13-7-4-5-3-6(7)8(11)10-5/h5-7,12H,3-4H2,1-2H3,(H,10,11). The first kappa shape index (κ1) is 8.97. The molecule has 0 aromatic rings. The second-order valence-corrected chi connectivity index (χ2v) is 4.39. The third kappa shape index (κ3) is 1.69. The van der Waals surface area contributed by atoms with Gasteiger partial charge in [0.2, 0.25) is 5.91 Å². The van der Waals surface area contributed by atoms with Gasteiger partial charge in [-0.05, 0) is 26.7 Å². The highest BCUT2D eigenvalue weighted by Gasteiger charge is 2.47. The highest BCUT2D eigenvalue weighted by Crippen LogP contribution is 2.35. The van der Waals surface area contributed by atoms with Gasteiger partial charge in [-0.3, -0.25) is 4.79 Å². The van der Waals surface area contributed by atoms with Crippen LogP contribution in [0.2, 0.25) is 0 Å². The fourth-order valence-corrected chi connectivity index (χ4v) is 2.20. The van der Waals surface area contributed by atoms with Crippen LogP contribution in [0, 0.1) is 5.92 Å². The highest BCUT2D eigenvalue weighted by molar-refractivity contribution is 5.83. The minimum atomic E-state index is -1.13. The molecular weight excluding hydrogens is 170 g/mol. The van der Waals surface area contributed by atoms with E-state index < -0.39 is 5.79 Å². The zero-order chi connectivity index (χ0) is 9.64. The molecule has 0 spiro atoms. The van der Waals surface area contributed by atoms with Gasteiger partial charge in [-0.2, -0.15) is 0 Å². The molecule has 4 heteroatoms. The highest BCUT2D eigenvalue weighted by atomic mass is 16.6. The maximum absolute atomic E-state index is 11.3. The summed E-state index contributed by atoms with van der Waals surface area (Å²) < 4.78 is 5.40. The van der Waals surface area contributed by atoms with Gasteiger partial charge in [-0.1, -0.05) is 0 Å². The number of hydrogen-bond donors (Lipinski definition) is 2. The van der Waals surface area contributed by atoms with E-state index in [0.717, 1.165) is 12.8 Å². The van der Waals surface area contributed by atoms with Gasteiger partial charge in [-0.25, -0.2) is 0 Å². The third-order valence-electron chi connectivity index (χ3n) is 2.63. The average molecular weight is 185 g/mol. The lowest BCUT2D eigenvalue weighted by Gasteiger charge is -2.28. The van der Waals surface area contributed by atoms with Crippen LogP contribution in [0.5, 0.6) is 0 Å². The summed E-state index contributed by atoms with van der Waals surface area (Å²) in [6.07, 6.45) is 1.60. The van der Waals surface area contributed by atoms with E-state index in [-0.39, 0.29) is 24.0 Å². The Kier molecular flexibility index (Phi) is 1.85. The van der Waals surface area contributed by atoms with E-state index in [1.54, 1.807) is 13.8 Å². The molecule has 1 saturated carbocycles. The largest absolute Gasteiger partial charge is 0.366 e. The molecule has 2 N–H and O–H groups in total. The molecule has 1 amide bonds. The van der Waals surface area contributed by atoms with Crippen LogP contribution < -0.4 is 5.32 Å². The number of fused-ring (bicyclic) bond motifs is 2. The van der Waals surface area contributed by atoms with Crippen LogP contribution in [0.1, 0.15) is 26.7 Å². The van der Waals surface area contributed by atoms with Crippen molar-refractivity contribution in [2.75, 3.05) is 0 Å². The van der Waals surface area contributed by atoms with Crippen LogP contribution in [0.15, 0.2) is 0 Å². The molecule has 2 bridgehead atoms. The molecule has 3 unspecified atom stereocenters. The van der Waals surface area contributed by atoms with Crippen LogP contribution in [-0.4, -0.2) is 28.9 Å². The van der Waals surface area contributed by atoms with E-state index in [1.807, 2.05) is 0 Å². The summed E-state index contributed by atoms with van der Waals surface area (Å²) >= 11 is 0. The molecule has 1 aliphatic carbocycles. The lowest BCUT2D eigenvalue weighted by molar-refractivity contribution is -0.213. The molecule has 13 heavy (non-hydrogen) atoms. The number of piperidine rings is 1. The third-order valence-corrected chi connectivity index (χ3v) is 2.63. The van der Waals surface area contributed by atoms with E-state index in [4.69, 9.17) is 4.74 Å². The average Bonchev–Trinajstić information content (AvgIpc) is 2.40. The number of rotatable bonds is 2. The van der Waals surface area contributed by atoms with Gasteiger partial charge in [0.05, 0.1) is 12.0 Å². The van der Waals surface area contributed by atoms with E-state index in [9.17, 15) is 9.90 Å². The van der Waals surface area contributed by atoms with Crippen molar-refractivity contribution in [3.05, 3.63) is 0 Å². The predicted octanol–water partition coefficient (Wildman–Crippen LogP) is 0.00840. The van der Waals surface area contributed by atoms with E-state index in [0.29, 0.717) is 0 Å². The van der Waals surface area contributed by atoms with Crippen LogP contribution >= 0.6 is 0 Å². The first-order valence-corrected chi connectivity index (χ1v) is 4.66. The Morgan fingerprint density at radius 2 is 2.23 bits per heavy atom. The number of aliphatic hydroxyl groups is 1. The summed E-state index contributed by atoms with van der Waals surface area (Å²) in [6, 6.07) is 0.268. The molecule has 0 aromatic carbocycles. The SMILES string of the molecule is CC(C)(O)OC1CC2CC1C(=O)N2. The van der Waals surface area contributed by atoms with Gasteiger partial charge in [0.25, 0.3) is 0 Å². The number of carbonyl (C=O) groups excluding carboxylic acids is 1. The number of amides is 1. The smallest absolute Gasteiger partial charge is 0.226 e. The first-order chi connectivity index (χ1) is 5.96. The molecule has 0 radical (unpaired) electrons. The van der Waals surface area contributed by atoms with Gasteiger partial charge in [0, 0.05) is 6.04 Å². The van der Waals surface area contributed by atoms with E-state index in [2.05, 4.69) is 5.32 Å². The second-order valence-electron chi connectivity index (χ2n) is 4.39. The molecular formula is C9H15NO3. The molecule has 0 aromatic heterocycles. The molecule has 2 fully saturated rings. The maximum atomic E-state index is 11.3. The fraction of sp³-hybridized carbons (Fsp3) is 0.889. The zero-order valence-electron chi connectivity index (χ0n) is 7.91. The van der Waals surface area contributed by atoms with Gasteiger partial charge in [-0.15, -0.1) is 0 Å². The minimum absolute atomic E-state index is 0.0450. The van der Waals surface area contributed by atoms with Crippen molar-refractivity contribution in [1.29, 1.82) is 0 Å². The summed E-state index contributed by atoms with van der Waals surface area (Å²) in [7, 11) is 0. The quantitative estimate of drug-likeness (QED) is 0.596. The van der Waals surface area contributed by atoms with Gasteiger partial charge >= 0.3 is 0 Å². The fourth-order valence-electron chi connectivity index (χ4n) is 2.20. The van der Waals surface area contributed by atoms with Crippen molar-refractivity contribution < 1.29 is 14.6 Å². The second kappa shape index (κ2) is 2.69. The van der Waals surface area contributed by atoms with Crippen molar-refractivity contribution in [2.24, 2.45) is 5.92 Å². The molecule has 3 atom stereocenters. The summed E-state index contributed by atoms with van der Waals surface area (Å²) in [5.41, 5.74) is 0. The topological polar surface area (TPSA) is 58.6 Å². The Morgan fingerprint density at radius 3 is 2.69 bits per heavy atom. The predicted molar refractivity (Wildman–Crippen MR) is 45.8 cm³/mol. The Labute approximate surface area is 77.3 Å². The number of ether oxygens (including phenoxy) is 1. The lowest BCUT2D eigenvalue weighted by Crippen LogP contribution is -2.42. The van der Waals surface area contributed by atoms with Crippen LogP contribution in [0.3, 0.4) is 0 Å². The number of nitrogens with one attached hydrogen (secondary N) is 1. The lowest BCUT2D eigenvalue weighted by atomic mass is 10.1. The summed E-state index contributed by atoms with van der Waals surface area (Å²) in [6.45, 7) is 3.19. The Balaban J connectivity index is 2.00. The van der Waals surface area contributed by atoms with Crippen LogP contribution in [0.4, 0.5) is 0 Å². The van der Waals surface area contributed by atoms with Crippen molar-refractivity contribution in [3.8, 4) is 0 Å². The molecule has 74 valence electrons. The van der Waals surface area contributed by atoms with Crippen molar-refractivity contribution >= 4 is 5.91 Å². The molecule has 4 nitrogen and oxygen atoms in total. The van der Waals surface area contributed by atoms with Crippen molar-refractivity contribution in [2.45, 2.75) is 44.6 Å². The van der Waals surface area contributed by atoms with E-state index >= 15 is 0 Å². The van der Waals surface area contributed by atoms with Gasteiger partial charge in [0.1, 0.15) is 0 Å². The summed E-state index contributed by atoms with van der Waals surface area (Å²) in [5.74, 6) is -1.10. The van der Waals surface area contributed by atoms with Crippen molar-refractivity contribution in [3.63, 3.8) is 0 Å². The molecule has 1 heterocycles. The van der Waals surface area contributed by atoms with Gasteiger partial charge < -0.3 is 15.2 Å². The molecule has 1 saturated heterocycles. The molecule has 1 aliphatic heterocycles. The first-order valence-electron chi connectivity index (χ1n) is 4.66. The van der Waals surface area contributed by atoms with E-state index in [1.165, 1.54) is 0 Å². The van der Waals surface area contributed by atoms with Crippen molar-refractivity contribution in [1.82, 2.24) is 5.32 Å². The summed E-state index contributed by atoms with van der Waals surface area (Å²) in [4.78, 5) is 11.3. The van der Waals surface area contributed by atoms with Gasteiger partial charge in [0.15, 0.2) is 5.79 Å². The zero-order valence-corrected chi connectivity index (χ0v) is 7.91. The molecule has 2 aliphatic rings. The Hall–Kier alpha value is -0.610.